The molecule has 0 aromatic heterocycles. The summed E-state index contributed by atoms with van der Waals surface area (Å²) in [6.45, 7) is 8.87. The van der Waals surface area contributed by atoms with Crippen LogP contribution in [0, 0.1) is 13.8 Å². The van der Waals surface area contributed by atoms with Gasteiger partial charge in [0.1, 0.15) is 5.75 Å². The Balaban J connectivity index is 3.04. The van der Waals surface area contributed by atoms with Crippen molar-refractivity contribution in [3.63, 3.8) is 0 Å². The van der Waals surface area contributed by atoms with E-state index >= 15 is 0 Å². The molecule has 1 aromatic carbocycles. The van der Waals surface area contributed by atoms with Gasteiger partial charge in [-0.05, 0) is 67.9 Å². The van der Waals surface area contributed by atoms with Crippen molar-refractivity contribution in [3.8, 4) is 5.75 Å². The molecule has 19 heavy (non-hydrogen) atoms. The van der Waals surface area contributed by atoms with Gasteiger partial charge in [0.2, 0.25) is 0 Å². The van der Waals surface area contributed by atoms with Gasteiger partial charge in [0.05, 0.1) is 7.11 Å². The highest BCUT2D eigenvalue weighted by Crippen LogP contribution is 2.33. The predicted molar refractivity (Wildman–Crippen MR) is 84.2 cm³/mol. The first-order valence-corrected chi connectivity index (χ1v) is 7.44. The van der Waals surface area contributed by atoms with Crippen LogP contribution in [0.5, 0.6) is 5.75 Å². The van der Waals surface area contributed by atoms with Crippen molar-refractivity contribution in [3.05, 3.63) is 41.0 Å². The van der Waals surface area contributed by atoms with Crippen molar-refractivity contribution in [1.29, 1.82) is 0 Å². The number of rotatable bonds is 7. The summed E-state index contributed by atoms with van der Waals surface area (Å²) in [5.41, 5.74) is 4.24. The first-order chi connectivity index (χ1) is 9.13. The number of benzene rings is 1. The van der Waals surface area contributed by atoms with E-state index < -0.39 is 0 Å². The summed E-state index contributed by atoms with van der Waals surface area (Å²) in [5, 5.41) is 0. The van der Waals surface area contributed by atoms with Gasteiger partial charge >= 0.3 is 0 Å². The molecule has 0 bridgehead atoms. The van der Waals surface area contributed by atoms with E-state index in [1.165, 1.54) is 29.5 Å². The summed E-state index contributed by atoms with van der Waals surface area (Å²) in [6, 6.07) is 4.32. The fourth-order valence-corrected chi connectivity index (χ4v) is 2.85. The monoisotopic (exact) mass is 260 g/mol. The van der Waals surface area contributed by atoms with Crippen LogP contribution < -0.4 is 4.74 Å². The first kappa shape index (κ1) is 15.8. The molecule has 0 saturated heterocycles. The highest BCUT2D eigenvalue weighted by molar-refractivity contribution is 5.43. The van der Waals surface area contributed by atoms with Crippen LogP contribution in [-0.4, -0.2) is 7.11 Å². The third kappa shape index (κ3) is 4.41. The highest BCUT2D eigenvalue weighted by Gasteiger charge is 2.15. The quantitative estimate of drug-likeness (QED) is 0.584. The van der Waals surface area contributed by atoms with Crippen LogP contribution in [-0.2, 0) is 0 Å². The van der Waals surface area contributed by atoms with Gasteiger partial charge in [-0.1, -0.05) is 32.4 Å². The molecule has 0 saturated carbocycles. The lowest BCUT2D eigenvalue weighted by molar-refractivity contribution is 0.413. The standard InChI is InChI=1S/C18H28O/c1-6-8-9-11-16(10-7-2)18-14(3)12-17(19-5)13-15(18)4/h8-9,12-13,16H,6-7,10-11H2,1-5H3/b9-8-. The molecule has 0 radical (unpaired) electrons. The topological polar surface area (TPSA) is 9.23 Å². The Morgan fingerprint density at radius 1 is 1.11 bits per heavy atom. The zero-order chi connectivity index (χ0) is 14.3. The van der Waals surface area contributed by atoms with Crippen molar-refractivity contribution in [1.82, 2.24) is 0 Å². The summed E-state index contributed by atoms with van der Waals surface area (Å²) in [4.78, 5) is 0. The molecule has 0 spiro atoms. The maximum atomic E-state index is 5.36. The lowest BCUT2D eigenvalue weighted by atomic mass is 9.85. The summed E-state index contributed by atoms with van der Waals surface area (Å²) in [5.74, 6) is 1.61. The minimum absolute atomic E-state index is 0.638. The highest BCUT2D eigenvalue weighted by atomic mass is 16.5. The van der Waals surface area contributed by atoms with Crippen LogP contribution in [0.3, 0.4) is 0 Å². The number of ether oxygens (including phenoxy) is 1. The fourth-order valence-electron chi connectivity index (χ4n) is 2.85. The minimum Gasteiger partial charge on any atom is -0.497 e. The van der Waals surface area contributed by atoms with Crippen LogP contribution in [0.2, 0.25) is 0 Å². The molecule has 0 aliphatic carbocycles. The van der Waals surface area contributed by atoms with Crippen LogP contribution in [0.15, 0.2) is 24.3 Å². The summed E-state index contributed by atoms with van der Waals surface area (Å²) >= 11 is 0. The van der Waals surface area contributed by atoms with Crippen molar-refractivity contribution in [2.24, 2.45) is 0 Å². The summed E-state index contributed by atoms with van der Waals surface area (Å²) in [7, 11) is 1.74. The SMILES string of the molecule is CC/C=C\CC(CCC)c1c(C)cc(OC)cc1C. The molecule has 1 heteroatoms. The number of hydrogen-bond donors (Lipinski definition) is 0. The lowest BCUT2D eigenvalue weighted by Gasteiger charge is -2.21. The Labute approximate surface area is 118 Å². The molecule has 0 N–H and O–H groups in total. The summed E-state index contributed by atoms with van der Waals surface area (Å²) in [6.07, 6.45) is 9.37. The van der Waals surface area contributed by atoms with E-state index in [-0.39, 0.29) is 0 Å². The fraction of sp³-hybridized carbons (Fsp3) is 0.556. The zero-order valence-electron chi connectivity index (χ0n) is 13.1. The Hall–Kier alpha value is -1.24. The van der Waals surface area contributed by atoms with Crippen molar-refractivity contribution < 1.29 is 4.74 Å². The zero-order valence-corrected chi connectivity index (χ0v) is 13.1. The second-order valence-corrected chi connectivity index (χ2v) is 5.28. The van der Waals surface area contributed by atoms with E-state index in [0.717, 1.165) is 18.6 Å². The average Bonchev–Trinajstić information content (AvgIpc) is 2.38. The molecular formula is C18H28O. The normalized spacial score (nSPS) is 12.9. The van der Waals surface area contributed by atoms with Gasteiger partial charge < -0.3 is 4.74 Å². The first-order valence-electron chi connectivity index (χ1n) is 7.44. The molecule has 1 atom stereocenters. The van der Waals surface area contributed by atoms with Gasteiger partial charge in [-0.15, -0.1) is 0 Å². The Morgan fingerprint density at radius 2 is 1.74 bits per heavy atom. The van der Waals surface area contributed by atoms with Crippen molar-refractivity contribution in [2.75, 3.05) is 7.11 Å². The maximum Gasteiger partial charge on any atom is 0.119 e. The van der Waals surface area contributed by atoms with Crippen LogP contribution in [0.4, 0.5) is 0 Å². The smallest absolute Gasteiger partial charge is 0.119 e. The molecular weight excluding hydrogens is 232 g/mol. The van der Waals surface area contributed by atoms with Gasteiger partial charge in [-0.25, -0.2) is 0 Å². The van der Waals surface area contributed by atoms with Crippen LogP contribution in [0.1, 0.15) is 62.1 Å². The maximum absolute atomic E-state index is 5.36. The van der Waals surface area contributed by atoms with Gasteiger partial charge in [0.15, 0.2) is 0 Å². The van der Waals surface area contributed by atoms with E-state index in [1.807, 2.05) is 0 Å². The van der Waals surface area contributed by atoms with E-state index in [4.69, 9.17) is 4.74 Å². The van der Waals surface area contributed by atoms with Gasteiger partial charge in [0, 0.05) is 0 Å². The number of hydrogen-bond acceptors (Lipinski definition) is 1. The minimum atomic E-state index is 0.638. The molecule has 106 valence electrons. The molecule has 0 amide bonds. The van der Waals surface area contributed by atoms with Gasteiger partial charge in [-0.3, -0.25) is 0 Å². The van der Waals surface area contributed by atoms with Gasteiger partial charge in [-0.2, -0.15) is 0 Å². The Kier molecular flexibility index (Phi) is 6.69. The van der Waals surface area contributed by atoms with Crippen LogP contribution in [0.25, 0.3) is 0 Å². The molecule has 1 unspecified atom stereocenters. The average molecular weight is 260 g/mol. The molecule has 1 nitrogen and oxygen atoms in total. The molecule has 0 heterocycles. The second-order valence-electron chi connectivity index (χ2n) is 5.28. The van der Waals surface area contributed by atoms with Gasteiger partial charge in [0.25, 0.3) is 0 Å². The number of allylic oxidation sites excluding steroid dienone is 2. The van der Waals surface area contributed by atoms with Crippen molar-refractivity contribution >= 4 is 0 Å². The molecule has 0 aliphatic heterocycles. The van der Waals surface area contributed by atoms with E-state index in [9.17, 15) is 0 Å². The molecule has 1 aromatic rings. The predicted octanol–water partition coefficient (Wildman–Crippen LogP) is 5.55. The lowest BCUT2D eigenvalue weighted by Crippen LogP contribution is -2.04. The van der Waals surface area contributed by atoms with E-state index in [1.54, 1.807) is 7.11 Å². The van der Waals surface area contributed by atoms with E-state index in [0.29, 0.717) is 5.92 Å². The Bertz CT molecular complexity index is 395. The number of aryl methyl sites for hydroxylation is 2. The molecule has 0 aliphatic rings. The third-order valence-corrected chi connectivity index (χ3v) is 3.67. The number of methoxy groups -OCH3 is 1. The van der Waals surface area contributed by atoms with Crippen LogP contribution >= 0.6 is 0 Å². The van der Waals surface area contributed by atoms with Crippen molar-refractivity contribution in [2.45, 2.75) is 59.3 Å². The third-order valence-electron chi connectivity index (χ3n) is 3.67. The largest absolute Gasteiger partial charge is 0.497 e. The second kappa shape index (κ2) is 8.04. The Morgan fingerprint density at radius 3 is 2.21 bits per heavy atom. The molecule has 1 rings (SSSR count). The molecule has 0 fully saturated rings. The summed E-state index contributed by atoms with van der Waals surface area (Å²) < 4.78 is 5.36. The van der Waals surface area contributed by atoms with E-state index in [2.05, 4.69) is 52.0 Å².